The number of hydrogen-bond acceptors (Lipinski definition) is 4. The molecule has 0 amide bonds. The smallest absolute Gasteiger partial charge is 0.259 e. The molecule has 1 heterocycles. The fraction of sp³-hybridized carbons (Fsp3) is 0.727. The van der Waals surface area contributed by atoms with Crippen molar-refractivity contribution in [3.8, 4) is 0 Å². The molecule has 0 radical (unpaired) electrons. The minimum absolute atomic E-state index is 0.0439. The van der Waals surface area contributed by atoms with Crippen molar-refractivity contribution in [3.05, 3.63) is 11.2 Å². The monoisotopic (exact) mass is 308 g/mol. The average Bonchev–Trinajstić information content (AvgIpc) is 2.56. The van der Waals surface area contributed by atoms with Crippen LogP contribution in [0.25, 0.3) is 0 Å². The third-order valence-corrected chi connectivity index (χ3v) is 4.93. The van der Waals surface area contributed by atoms with E-state index in [2.05, 4.69) is 9.82 Å². The van der Waals surface area contributed by atoms with E-state index in [9.17, 15) is 8.42 Å². The summed E-state index contributed by atoms with van der Waals surface area (Å²) in [7, 11) is -2.22. The van der Waals surface area contributed by atoms with E-state index in [4.69, 9.17) is 17.3 Å². The number of rotatable bonds is 6. The second-order valence-corrected chi connectivity index (χ2v) is 7.39. The molecule has 8 heteroatoms. The third-order valence-electron chi connectivity index (χ3n) is 2.79. The van der Waals surface area contributed by atoms with Crippen LogP contribution in [-0.2, 0) is 17.1 Å². The summed E-state index contributed by atoms with van der Waals surface area (Å²) in [6.07, 6.45) is 1.94. The van der Waals surface area contributed by atoms with Gasteiger partial charge in [-0.15, -0.1) is 0 Å². The number of nitrogens with two attached hydrogens (primary N) is 1. The average molecular weight is 309 g/mol. The SMILES string of the molecule is CC(C)CC(C)(CN)NS(=O)(=O)c1c(Cl)cnn1C. The zero-order valence-electron chi connectivity index (χ0n) is 11.6. The normalized spacial score (nSPS) is 15.7. The van der Waals surface area contributed by atoms with Gasteiger partial charge in [-0.3, -0.25) is 4.68 Å². The van der Waals surface area contributed by atoms with Crippen molar-refractivity contribution in [3.63, 3.8) is 0 Å². The molecular formula is C11H21ClN4O2S. The number of sulfonamides is 1. The summed E-state index contributed by atoms with van der Waals surface area (Å²) in [6.45, 7) is 6.02. The molecule has 1 rings (SSSR count). The van der Waals surface area contributed by atoms with Gasteiger partial charge >= 0.3 is 0 Å². The molecule has 0 aromatic carbocycles. The Morgan fingerprint density at radius 2 is 2.16 bits per heavy atom. The topological polar surface area (TPSA) is 90.0 Å². The lowest BCUT2D eigenvalue weighted by Crippen LogP contribution is -2.52. The molecule has 0 aliphatic rings. The Morgan fingerprint density at radius 1 is 1.58 bits per heavy atom. The molecule has 0 bridgehead atoms. The van der Waals surface area contributed by atoms with Crippen molar-refractivity contribution < 1.29 is 8.42 Å². The van der Waals surface area contributed by atoms with Gasteiger partial charge in [-0.05, 0) is 19.3 Å². The molecule has 0 spiro atoms. The van der Waals surface area contributed by atoms with Gasteiger partial charge in [0.1, 0.15) is 0 Å². The second kappa shape index (κ2) is 5.78. The molecule has 1 atom stereocenters. The van der Waals surface area contributed by atoms with E-state index in [1.807, 2.05) is 13.8 Å². The minimum Gasteiger partial charge on any atom is -0.329 e. The summed E-state index contributed by atoms with van der Waals surface area (Å²) in [5, 5.41) is 3.89. The molecule has 0 aliphatic heterocycles. The van der Waals surface area contributed by atoms with Gasteiger partial charge < -0.3 is 5.73 Å². The lowest BCUT2D eigenvalue weighted by atomic mass is 9.92. The van der Waals surface area contributed by atoms with Crippen LogP contribution < -0.4 is 10.5 Å². The van der Waals surface area contributed by atoms with Crippen LogP contribution in [0, 0.1) is 5.92 Å². The van der Waals surface area contributed by atoms with E-state index >= 15 is 0 Å². The zero-order valence-corrected chi connectivity index (χ0v) is 13.2. The van der Waals surface area contributed by atoms with Gasteiger partial charge in [0.05, 0.1) is 11.2 Å². The van der Waals surface area contributed by atoms with Crippen molar-refractivity contribution in [2.24, 2.45) is 18.7 Å². The van der Waals surface area contributed by atoms with E-state index < -0.39 is 15.6 Å². The summed E-state index contributed by atoms with van der Waals surface area (Å²) < 4.78 is 28.6. The maximum absolute atomic E-state index is 12.4. The zero-order chi connectivity index (χ0) is 14.8. The molecule has 6 nitrogen and oxygen atoms in total. The van der Waals surface area contributed by atoms with Gasteiger partial charge in [0.15, 0.2) is 5.03 Å². The Hall–Kier alpha value is -0.630. The minimum atomic E-state index is -3.76. The number of nitrogens with zero attached hydrogens (tertiary/aromatic N) is 2. The first-order chi connectivity index (χ1) is 8.61. The van der Waals surface area contributed by atoms with Gasteiger partial charge in [0, 0.05) is 19.1 Å². The Morgan fingerprint density at radius 3 is 2.53 bits per heavy atom. The maximum atomic E-state index is 12.4. The molecule has 0 saturated heterocycles. The Labute approximate surface area is 119 Å². The van der Waals surface area contributed by atoms with Crippen molar-refractivity contribution in [1.82, 2.24) is 14.5 Å². The predicted octanol–water partition coefficient (Wildman–Crippen LogP) is 1.12. The third kappa shape index (κ3) is 3.92. The molecule has 0 fully saturated rings. The standard InChI is InChI=1S/C11H21ClN4O2S/c1-8(2)5-11(3,7-13)15-19(17,18)10-9(12)6-14-16(10)4/h6,8,15H,5,7,13H2,1-4H3. The second-order valence-electron chi connectivity index (χ2n) is 5.39. The Bertz CT molecular complexity index is 521. The van der Waals surface area contributed by atoms with Crippen LogP contribution in [0.2, 0.25) is 5.02 Å². The summed E-state index contributed by atoms with van der Waals surface area (Å²) in [6, 6.07) is 0. The first-order valence-electron chi connectivity index (χ1n) is 6.03. The summed E-state index contributed by atoms with van der Waals surface area (Å²) >= 11 is 5.87. The maximum Gasteiger partial charge on any atom is 0.259 e. The van der Waals surface area contributed by atoms with Crippen LogP contribution in [-0.4, -0.2) is 30.3 Å². The predicted molar refractivity (Wildman–Crippen MR) is 75.5 cm³/mol. The highest BCUT2D eigenvalue weighted by Gasteiger charge is 2.33. The molecule has 1 aromatic heterocycles. The molecule has 0 saturated carbocycles. The highest BCUT2D eigenvalue weighted by molar-refractivity contribution is 7.89. The fourth-order valence-electron chi connectivity index (χ4n) is 2.14. The molecule has 3 N–H and O–H groups in total. The number of aromatic nitrogens is 2. The fourth-order valence-corrected chi connectivity index (χ4v) is 4.23. The lowest BCUT2D eigenvalue weighted by molar-refractivity contribution is 0.343. The van der Waals surface area contributed by atoms with Crippen molar-refractivity contribution in [2.45, 2.75) is 37.8 Å². The van der Waals surface area contributed by atoms with Gasteiger partial charge in [0.2, 0.25) is 0 Å². The van der Waals surface area contributed by atoms with Gasteiger partial charge in [0.25, 0.3) is 10.0 Å². The first kappa shape index (κ1) is 16.4. The van der Waals surface area contributed by atoms with Crippen molar-refractivity contribution in [1.29, 1.82) is 0 Å². The largest absolute Gasteiger partial charge is 0.329 e. The van der Waals surface area contributed by atoms with E-state index in [-0.39, 0.29) is 16.6 Å². The molecule has 1 aromatic rings. The van der Waals surface area contributed by atoms with Crippen molar-refractivity contribution in [2.75, 3.05) is 6.54 Å². The van der Waals surface area contributed by atoms with E-state index in [0.717, 1.165) is 0 Å². The van der Waals surface area contributed by atoms with E-state index in [0.29, 0.717) is 12.3 Å². The lowest BCUT2D eigenvalue weighted by Gasteiger charge is -2.30. The van der Waals surface area contributed by atoms with Crippen LogP contribution in [0.5, 0.6) is 0 Å². The summed E-state index contributed by atoms with van der Waals surface area (Å²) in [4.78, 5) is 0. The molecule has 19 heavy (non-hydrogen) atoms. The number of nitrogens with one attached hydrogen (secondary N) is 1. The molecule has 110 valence electrons. The Balaban J connectivity index is 3.09. The Kier molecular flexibility index (Phi) is 5.00. The van der Waals surface area contributed by atoms with Gasteiger partial charge in [-0.25, -0.2) is 13.1 Å². The first-order valence-corrected chi connectivity index (χ1v) is 7.89. The molecule has 1 unspecified atom stereocenters. The molecule has 0 aliphatic carbocycles. The molecular weight excluding hydrogens is 288 g/mol. The van der Waals surface area contributed by atoms with Crippen molar-refractivity contribution >= 4 is 21.6 Å². The number of aryl methyl sites for hydroxylation is 1. The van der Waals surface area contributed by atoms with Crippen LogP contribution in [0.1, 0.15) is 27.2 Å². The van der Waals surface area contributed by atoms with Gasteiger partial charge in [-0.2, -0.15) is 5.10 Å². The van der Waals surface area contributed by atoms with Crippen LogP contribution in [0.3, 0.4) is 0 Å². The number of halogens is 1. The highest BCUT2D eigenvalue weighted by Crippen LogP contribution is 2.23. The van der Waals surface area contributed by atoms with Crippen LogP contribution in [0.15, 0.2) is 11.2 Å². The number of hydrogen-bond donors (Lipinski definition) is 2. The van der Waals surface area contributed by atoms with Crippen LogP contribution >= 0.6 is 11.6 Å². The van der Waals surface area contributed by atoms with Gasteiger partial charge in [-0.1, -0.05) is 25.4 Å². The summed E-state index contributed by atoms with van der Waals surface area (Å²) in [5.41, 5.74) is 5.00. The van der Waals surface area contributed by atoms with Crippen LogP contribution in [0.4, 0.5) is 0 Å². The highest BCUT2D eigenvalue weighted by atomic mass is 35.5. The van der Waals surface area contributed by atoms with E-state index in [1.165, 1.54) is 17.9 Å². The van der Waals surface area contributed by atoms with E-state index in [1.54, 1.807) is 6.92 Å². The quantitative estimate of drug-likeness (QED) is 0.824. The summed E-state index contributed by atoms with van der Waals surface area (Å²) in [5.74, 6) is 0.318.